The Kier molecular flexibility index (Phi) is 24.3. The summed E-state index contributed by atoms with van der Waals surface area (Å²) in [6.07, 6.45) is 14.5. The second kappa shape index (κ2) is 29.0. The number of amides is 1. The van der Waals surface area contributed by atoms with E-state index in [1.54, 1.807) is 48.0 Å². The molecule has 2 saturated heterocycles. The standard InChI is InChI=1S/C56H85NO14/c1-12-26-68-47-33-43-23-21-41(8)56(64,71-43)53(61)54(62)57-25-17-16-20-44(57)55(63)70-48(38(5)31-42-22-24-46(49(32-42)66-10)69-28-27-65-9)34-45(58)37(4)30-40(7)51(60)52(67-11)50(59)39(6)29-35(2)18-14-13-15-19-36(47)3/h13-15,18-19,30,35,37-39,41-44,46-49,51-52,60,64H,16-17,20-25,27-29,31-34H2,1-11H3/b15-13+,18-14+,36-19+,40-30+/t35-,37-,38-,39-,41-,42+,43+,44+,46+,47+,48?,49-,51-,52+,56-/m1/s1. The van der Waals surface area contributed by atoms with Crippen LogP contribution in [0.2, 0.25) is 0 Å². The largest absolute Gasteiger partial charge is 0.460 e. The highest BCUT2D eigenvalue weighted by Gasteiger charge is 2.53. The summed E-state index contributed by atoms with van der Waals surface area (Å²) in [4.78, 5) is 72.5. The molecule has 1 amide bonds. The summed E-state index contributed by atoms with van der Waals surface area (Å²) in [5.74, 6) is -5.27. The third kappa shape index (κ3) is 16.8. The van der Waals surface area contributed by atoms with Gasteiger partial charge in [-0.1, -0.05) is 77.0 Å². The van der Waals surface area contributed by atoms with E-state index < -0.39 is 77.8 Å². The normalized spacial score (nSPS) is 37.7. The van der Waals surface area contributed by atoms with Crippen LogP contribution in [0.4, 0.5) is 0 Å². The van der Waals surface area contributed by atoms with E-state index in [4.69, 9.17) is 33.2 Å². The summed E-state index contributed by atoms with van der Waals surface area (Å²) in [7, 11) is 4.67. The molecule has 15 heteroatoms. The van der Waals surface area contributed by atoms with Crippen molar-refractivity contribution in [1.82, 2.24) is 4.90 Å². The highest BCUT2D eigenvalue weighted by Crippen LogP contribution is 2.38. The van der Waals surface area contributed by atoms with E-state index in [0.29, 0.717) is 63.7 Å². The van der Waals surface area contributed by atoms with Crippen LogP contribution < -0.4 is 0 Å². The van der Waals surface area contributed by atoms with Crippen LogP contribution in [0.15, 0.2) is 47.6 Å². The van der Waals surface area contributed by atoms with E-state index >= 15 is 0 Å². The lowest BCUT2D eigenvalue weighted by Gasteiger charge is -2.42. The van der Waals surface area contributed by atoms with Crippen molar-refractivity contribution >= 4 is 29.2 Å². The molecule has 0 aromatic heterocycles. The Morgan fingerprint density at radius 3 is 2.31 bits per heavy atom. The maximum atomic E-state index is 14.5. The number of ketones is 3. The number of carbonyl (C=O) groups excluding carboxylic acids is 5. The zero-order valence-corrected chi connectivity index (χ0v) is 44.4. The van der Waals surface area contributed by atoms with Crippen LogP contribution in [0.25, 0.3) is 0 Å². The molecule has 398 valence electrons. The van der Waals surface area contributed by atoms with Gasteiger partial charge in [-0.05, 0) is 107 Å². The van der Waals surface area contributed by atoms with Crippen LogP contribution in [0, 0.1) is 47.5 Å². The van der Waals surface area contributed by atoms with Crippen LogP contribution in [-0.2, 0) is 57.1 Å². The first kappa shape index (κ1) is 59.6. The Bertz CT molecular complexity index is 1970. The molecule has 0 aromatic rings. The van der Waals surface area contributed by atoms with Crippen molar-refractivity contribution in [2.24, 2.45) is 35.5 Å². The summed E-state index contributed by atoms with van der Waals surface area (Å²) in [6, 6.07) is -1.15. The van der Waals surface area contributed by atoms with Gasteiger partial charge in [-0.3, -0.25) is 19.2 Å². The number of aliphatic hydroxyl groups excluding tert-OH is 1. The van der Waals surface area contributed by atoms with Crippen LogP contribution in [0.3, 0.4) is 0 Å². The second-order valence-corrected chi connectivity index (χ2v) is 20.7. The number of nitrogens with zero attached hydrogens (tertiary/aromatic N) is 1. The van der Waals surface area contributed by atoms with E-state index in [9.17, 15) is 34.2 Å². The number of fused-ring (bicyclic) bond motifs is 3. The molecule has 15 nitrogen and oxygen atoms in total. The van der Waals surface area contributed by atoms with Crippen molar-refractivity contribution in [3.8, 4) is 12.0 Å². The number of Topliss-reactive ketones (excluding diaryl/α,β-unsaturated/α-hetero) is 3. The molecule has 0 radical (unpaired) electrons. The summed E-state index contributed by atoms with van der Waals surface area (Å²) in [5.41, 5.74) is 1.20. The maximum Gasteiger partial charge on any atom is 0.329 e. The van der Waals surface area contributed by atoms with Crippen LogP contribution in [0.1, 0.15) is 132 Å². The van der Waals surface area contributed by atoms with Gasteiger partial charge in [0.2, 0.25) is 5.79 Å². The smallest absolute Gasteiger partial charge is 0.329 e. The third-order valence-electron chi connectivity index (χ3n) is 15.1. The third-order valence-corrected chi connectivity index (χ3v) is 15.1. The van der Waals surface area contributed by atoms with Gasteiger partial charge in [-0.2, -0.15) is 0 Å². The van der Waals surface area contributed by atoms with E-state index in [0.717, 1.165) is 18.4 Å². The second-order valence-electron chi connectivity index (χ2n) is 20.7. The molecule has 4 rings (SSSR count). The lowest BCUT2D eigenvalue weighted by molar-refractivity contribution is -0.265. The van der Waals surface area contributed by atoms with Gasteiger partial charge in [-0.25, -0.2) is 4.79 Å². The molecule has 1 saturated carbocycles. The molecular formula is C56H85NO14. The predicted molar refractivity (Wildman–Crippen MR) is 268 cm³/mol. The Labute approximate surface area is 423 Å². The quantitative estimate of drug-likeness (QED) is 0.0734. The van der Waals surface area contributed by atoms with Crippen molar-refractivity contribution < 1.29 is 67.3 Å². The molecule has 3 fully saturated rings. The average molecular weight is 996 g/mol. The SMILES string of the molecule is CC#CO[C@H]1C[C@@H]2CC[C@@H](C)[C@@](O)(O2)C(=O)C(=O)N2CCCC[C@H]2C(=O)OC([C@H](C)C[C@@H]2CC[C@H](OCCOC)[C@H](OC)C2)CC(=O)[C@H](C)/C=C(\C)[C@@H](O)[C@@H](OC)C(=O)[C@H](C)C[C@H](C)/C=C/C=C/C=C/1C. The Balaban J connectivity index is 1.71. The molecule has 0 spiro atoms. The van der Waals surface area contributed by atoms with Gasteiger partial charge in [0.25, 0.3) is 11.7 Å². The summed E-state index contributed by atoms with van der Waals surface area (Å²) in [6.45, 7) is 15.3. The number of allylic oxidation sites excluding steroid dienone is 6. The predicted octanol–water partition coefficient (Wildman–Crippen LogP) is 7.20. The van der Waals surface area contributed by atoms with Crippen LogP contribution >= 0.6 is 0 Å². The van der Waals surface area contributed by atoms with Gasteiger partial charge < -0.3 is 48.3 Å². The lowest BCUT2D eigenvalue weighted by atomic mass is 9.78. The molecule has 1 unspecified atom stereocenters. The molecule has 71 heavy (non-hydrogen) atoms. The topological polar surface area (TPSA) is 194 Å². The Morgan fingerprint density at radius 1 is 0.873 bits per heavy atom. The van der Waals surface area contributed by atoms with Gasteiger partial charge in [0.15, 0.2) is 5.78 Å². The van der Waals surface area contributed by atoms with Gasteiger partial charge in [0.1, 0.15) is 42.3 Å². The van der Waals surface area contributed by atoms with Crippen molar-refractivity contribution in [3.63, 3.8) is 0 Å². The highest BCUT2D eigenvalue weighted by molar-refractivity contribution is 6.39. The number of cyclic esters (lactones) is 1. The fraction of sp³-hybridized carbons (Fsp3) is 0.732. The number of esters is 1. The number of aliphatic hydroxyl groups is 2. The minimum Gasteiger partial charge on any atom is -0.460 e. The molecule has 3 aliphatic heterocycles. The average Bonchev–Trinajstić information content (AvgIpc) is 3.35. The molecule has 1 aliphatic carbocycles. The minimum atomic E-state index is -2.47. The molecular weight excluding hydrogens is 911 g/mol. The summed E-state index contributed by atoms with van der Waals surface area (Å²) >= 11 is 0. The first-order chi connectivity index (χ1) is 33.8. The van der Waals surface area contributed by atoms with Gasteiger partial charge >= 0.3 is 5.97 Å². The first-order valence-corrected chi connectivity index (χ1v) is 25.9. The molecule has 0 aromatic carbocycles. The number of methoxy groups -OCH3 is 3. The monoisotopic (exact) mass is 996 g/mol. The lowest BCUT2D eigenvalue weighted by Crippen LogP contribution is -2.61. The van der Waals surface area contributed by atoms with Crippen molar-refractivity contribution in [2.45, 2.75) is 187 Å². The summed E-state index contributed by atoms with van der Waals surface area (Å²) in [5, 5.41) is 23.6. The number of carbonyl (C=O) groups is 5. The number of ether oxygens (including phenoxy) is 7. The number of piperidine rings is 1. The van der Waals surface area contributed by atoms with E-state index in [-0.39, 0.29) is 67.3 Å². The maximum absolute atomic E-state index is 14.5. The fourth-order valence-electron chi connectivity index (χ4n) is 10.6. The zero-order valence-electron chi connectivity index (χ0n) is 44.4. The first-order valence-electron chi connectivity index (χ1n) is 25.9. The van der Waals surface area contributed by atoms with Gasteiger partial charge in [0, 0.05) is 65.4 Å². The molecule has 3 heterocycles. The molecule has 4 aliphatic rings. The Hall–Kier alpha value is -4.01. The van der Waals surface area contributed by atoms with E-state index in [1.165, 1.54) is 12.0 Å². The molecule has 15 atom stereocenters. The Morgan fingerprint density at radius 2 is 1.62 bits per heavy atom. The van der Waals surface area contributed by atoms with E-state index in [2.05, 4.69) is 12.0 Å². The molecule has 2 N–H and O–H groups in total. The fourth-order valence-corrected chi connectivity index (χ4v) is 10.6. The number of hydrogen-bond acceptors (Lipinski definition) is 14. The number of rotatable bonds is 10. The number of hydrogen-bond donors (Lipinski definition) is 2. The van der Waals surface area contributed by atoms with Crippen molar-refractivity contribution in [2.75, 3.05) is 41.1 Å². The molecule has 2 bridgehead atoms. The van der Waals surface area contributed by atoms with Crippen LogP contribution in [0.5, 0.6) is 0 Å². The van der Waals surface area contributed by atoms with Crippen molar-refractivity contribution in [3.05, 3.63) is 47.6 Å². The van der Waals surface area contributed by atoms with Crippen LogP contribution in [-0.4, -0.2) is 140 Å². The minimum absolute atomic E-state index is 0.000433. The van der Waals surface area contributed by atoms with Gasteiger partial charge in [0.05, 0.1) is 31.5 Å². The van der Waals surface area contributed by atoms with Gasteiger partial charge in [-0.15, -0.1) is 0 Å². The van der Waals surface area contributed by atoms with E-state index in [1.807, 2.05) is 58.1 Å². The zero-order chi connectivity index (χ0) is 52.4. The summed E-state index contributed by atoms with van der Waals surface area (Å²) < 4.78 is 41.2. The highest BCUT2D eigenvalue weighted by atomic mass is 16.6. The van der Waals surface area contributed by atoms with Crippen molar-refractivity contribution in [1.29, 1.82) is 0 Å².